The molecule has 1 aliphatic rings. The summed E-state index contributed by atoms with van der Waals surface area (Å²) in [6.07, 6.45) is 4.99. The van der Waals surface area contributed by atoms with E-state index < -0.39 is 0 Å². The fraction of sp³-hybridized carbons (Fsp3) is 0.889. The van der Waals surface area contributed by atoms with E-state index in [9.17, 15) is 4.79 Å². The predicted octanol–water partition coefficient (Wildman–Crippen LogP) is 1.07. The van der Waals surface area contributed by atoms with Crippen LogP contribution in [0.4, 0.5) is 0 Å². The van der Waals surface area contributed by atoms with Gasteiger partial charge in [0.25, 0.3) is 0 Å². The first kappa shape index (κ1) is 9.52. The molecule has 0 aromatic rings. The number of ether oxygens (including phenoxy) is 1. The van der Waals surface area contributed by atoms with Crippen LogP contribution >= 0.6 is 0 Å². The van der Waals surface area contributed by atoms with E-state index in [1.165, 1.54) is 25.7 Å². The van der Waals surface area contributed by atoms with Gasteiger partial charge in [0, 0.05) is 0 Å². The van der Waals surface area contributed by atoms with Crippen LogP contribution in [0.2, 0.25) is 0 Å². The van der Waals surface area contributed by atoms with Gasteiger partial charge in [-0.2, -0.15) is 0 Å². The molecule has 1 fully saturated rings. The van der Waals surface area contributed by atoms with Crippen molar-refractivity contribution >= 4 is 5.97 Å². The highest BCUT2D eigenvalue weighted by Gasteiger charge is 2.23. The van der Waals surface area contributed by atoms with Crippen molar-refractivity contribution in [2.45, 2.75) is 38.7 Å². The Morgan fingerprint density at radius 1 is 1.58 bits per heavy atom. The minimum Gasteiger partial charge on any atom is -0.461 e. The average Bonchev–Trinajstić information content (AvgIpc) is 2.56. The Morgan fingerprint density at radius 2 is 2.17 bits per heavy atom. The number of carbonyl (C=O) groups excluding carboxylic acids is 1. The van der Waals surface area contributed by atoms with Crippen molar-refractivity contribution in [3.8, 4) is 0 Å². The van der Waals surface area contributed by atoms with Crippen LogP contribution in [0, 0.1) is 5.92 Å². The van der Waals surface area contributed by atoms with Crippen molar-refractivity contribution in [3.63, 3.8) is 0 Å². The SMILES string of the molecule is CC(OC(=O)CN)C1CCCC1. The number of rotatable bonds is 3. The zero-order valence-electron chi connectivity index (χ0n) is 7.58. The monoisotopic (exact) mass is 171 g/mol. The molecule has 1 saturated carbocycles. The minimum atomic E-state index is -0.283. The van der Waals surface area contributed by atoms with Crippen LogP contribution in [0.25, 0.3) is 0 Å². The molecular weight excluding hydrogens is 154 g/mol. The number of hydrogen-bond donors (Lipinski definition) is 1. The summed E-state index contributed by atoms with van der Waals surface area (Å²) in [6.45, 7) is 1.96. The van der Waals surface area contributed by atoms with Crippen LogP contribution in [0.1, 0.15) is 32.6 Å². The quantitative estimate of drug-likeness (QED) is 0.646. The molecule has 0 spiro atoms. The molecule has 0 saturated heterocycles. The van der Waals surface area contributed by atoms with Gasteiger partial charge in [-0.3, -0.25) is 4.79 Å². The van der Waals surface area contributed by atoms with Gasteiger partial charge < -0.3 is 10.5 Å². The molecule has 0 amide bonds. The summed E-state index contributed by atoms with van der Waals surface area (Å²) in [7, 11) is 0. The van der Waals surface area contributed by atoms with Crippen LogP contribution in [0.5, 0.6) is 0 Å². The van der Waals surface area contributed by atoms with Gasteiger partial charge in [-0.1, -0.05) is 12.8 Å². The molecule has 1 atom stereocenters. The lowest BCUT2D eigenvalue weighted by Gasteiger charge is -2.18. The Hall–Kier alpha value is -0.570. The Kier molecular flexibility index (Phi) is 3.53. The highest BCUT2D eigenvalue weighted by molar-refractivity contribution is 5.71. The smallest absolute Gasteiger partial charge is 0.319 e. The van der Waals surface area contributed by atoms with Gasteiger partial charge in [0.15, 0.2) is 0 Å². The fourth-order valence-corrected chi connectivity index (χ4v) is 1.78. The van der Waals surface area contributed by atoms with Crippen molar-refractivity contribution in [1.29, 1.82) is 0 Å². The summed E-state index contributed by atoms with van der Waals surface area (Å²) in [4.78, 5) is 10.8. The van der Waals surface area contributed by atoms with Gasteiger partial charge in [0.05, 0.1) is 6.54 Å². The van der Waals surface area contributed by atoms with E-state index in [-0.39, 0.29) is 18.6 Å². The summed E-state index contributed by atoms with van der Waals surface area (Å²) >= 11 is 0. The number of esters is 1. The molecule has 1 unspecified atom stereocenters. The summed E-state index contributed by atoms with van der Waals surface area (Å²) in [5.74, 6) is 0.287. The maximum Gasteiger partial charge on any atom is 0.319 e. The van der Waals surface area contributed by atoms with Crippen LogP contribution in [0.3, 0.4) is 0 Å². The Labute approximate surface area is 73.3 Å². The molecular formula is C9H17NO2. The molecule has 0 aliphatic heterocycles. The molecule has 0 aromatic heterocycles. The van der Waals surface area contributed by atoms with Gasteiger partial charge in [0.2, 0.25) is 0 Å². The molecule has 0 bridgehead atoms. The lowest BCUT2D eigenvalue weighted by molar-refractivity contribution is -0.148. The van der Waals surface area contributed by atoms with Gasteiger partial charge in [-0.25, -0.2) is 0 Å². The largest absolute Gasteiger partial charge is 0.461 e. The molecule has 2 N–H and O–H groups in total. The van der Waals surface area contributed by atoms with Crippen LogP contribution in [0.15, 0.2) is 0 Å². The third-order valence-electron chi connectivity index (χ3n) is 2.55. The van der Waals surface area contributed by atoms with Crippen molar-refractivity contribution in [3.05, 3.63) is 0 Å². The summed E-state index contributed by atoms with van der Waals surface area (Å²) in [5.41, 5.74) is 5.14. The molecule has 0 heterocycles. The van der Waals surface area contributed by atoms with Crippen molar-refractivity contribution in [2.24, 2.45) is 11.7 Å². The second kappa shape index (κ2) is 4.45. The third kappa shape index (κ3) is 2.48. The summed E-state index contributed by atoms with van der Waals surface area (Å²) < 4.78 is 5.12. The molecule has 3 heteroatoms. The lowest BCUT2D eigenvalue weighted by Crippen LogP contribution is -2.26. The normalized spacial score (nSPS) is 20.8. The second-order valence-electron chi connectivity index (χ2n) is 3.44. The lowest BCUT2D eigenvalue weighted by atomic mass is 10.0. The van der Waals surface area contributed by atoms with E-state index in [0.29, 0.717) is 5.92 Å². The highest BCUT2D eigenvalue weighted by atomic mass is 16.5. The van der Waals surface area contributed by atoms with E-state index >= 15 is 0 Å². The van der Waals surface area contributed by atoms with Crippen molar-refractivity contribution in [1.82, 2.24) is 0 Å². The van der Waals surface area contributed by atoms with Crippen molar-refractivity contribution < 1.29 is 9.53 Å². The standard InChI is InChI=1S/C9H17NO2/c1-7(12-9(11)6-10)8-4-2-3-5-8/h7-8H,2-6,10H2,1H3. The molecule has 70 valence electrons. The Morgan fingerprint density at radius 3 is 2.67 bits per heavy atom. The Bertz CT molecular complexity index is 153. The second-order valence-corrected chi connectivity index (χ2v) is 3.44. The molecule has 3 nitrogen and oxygen atoms in total. The average molecular weight is 171 g/mol. The number of hydrogen-bond acceptors (Lipinski definition) is 3. The van der Waals surface area contributed by atoms with Gasteiger partial charge >= 0.3 is 5.97 Å². The molecule has 0 aromatic carbocycles. The van der Waals surface area contributed by atoms with Crippen LogP contribution < -0.4 is 5.73 Å². The zero-order chi connectivity index (χ0) is 8.97. The first-order chi connectivity index (χ1) is 5.74. The maximum absolute atomic E-state index is 10.8. The van der Waals surface area contributed by atoms with Gasteiger partial charge in [-0.15, -0.1) is 0 Å². The highest BCUT2D eigenvalue weighted by Crippen LogP contribution is 2.28. The van der Waals surface area contributed by atoms with E-state index in [0.717, 1.165) is 0 Å². The first-order valence-electron chi connectivity index (χ1n) is 4.63. The summed E-state index contributed by atoms with van der Waals surface area (Å²) in [6, 6.07) is 0. The molecule has 12 heavy (non-hydrogen) atoms. The Balaban J connectivity index is 2.26. The molecule has 1 aliphatic carbocycles. The molecule has 1 rings (SSSR count). The van der Waals surface area contributed by atoms with Gasteiger partial charge in [0.1, 0.15) is 6.10 Å². The van der Waals surface area contributed by atoms with E-state index in [2.05, 4.69) is 0 Å². The van der Waals surface area contributed by atoms with E-state index in [1.807, 2.05) is 6.92 Å². The number of nitrogens with two attached hydrogens (primary N) is 1. The first-order valence-corrected chi connectivity index (χ1v) is 4.63. The third-order valence-corrected chi connectivity index (χ3v) is 2.55. The zero-order valence-corrected chi connectivity index (χ0v) is 7.58. The van der Waals surface area contributed by atoms with E-state index in [4.69, 9.17) is 10.5 Å². The minimum absolute atomic E-state index is 0.00292. The maximum atomic E-state index is 10.8. The van der Waals surface area contributed by atoms with Gasteiger partial charge in [-0.05, 0) is 25.7 Å². The fourth-order valence-electron chi connectivity index (χ4n) is 1.78. The topological polar surface area (TPSA) is 52.3 Å². The van der Waals surface area contributed by atoms with Crippen molar-refractivity contribution in [2.75, 3.05) is 6.54 Å². The predicted molar refractivity (Wildman–Crippen MR) is 46.6 cm³/mol. The summed E-state index contributed by atoms with van der Waals surface area (Å²) in [5, 5.41) is 0. The van der Waals surface area contributed by atoms with Crippen LogP contribution in [-0.4, -0.2) is 18.6 Å². The number of carbonyl (C=O) groups is 1. The molecule has 0 radical (unpaired) electrons. The van der Waals surface area contributed by atoms with E-state index in [1.54, 1.807) is 0 Å². The van der Waals surface area contributed by atoms with Crippen LogP contribution in [-0.2, 0) is 9.53 Å².